The van der Waals surface area contributed by atoms with E-state index in [-0.39, 0.29) is 12.1 Å². The van der Waals surface area contributed by atoms with Gasteiger partial charge in [-0.3, -0.25) is 4.98 Å². The van der Waals surface area contributed by atoms with E-state index in [0.717, 1.165) is 40.0 Å². The largest absolute Gasteiger partial charge is 0.457 e. The van der Waals surface area contributed by atoms with Gasteiger partial charge in [-0.05, 0) is 111 Å². The number of thiocarbonyl (C=S) groups is 1. The summed E-state index contributed by atoms with van der Waals surface area (Å²) in [6.45, 7) is 6.33. The molecule has 1 aliphatic heterocycles. The highest BCUT2D eigenvalue weighted by Gasteiger charge is 2.42. The summed E-state index contributed by atoms with van der Waals surface area (Å²) in [5.41, 5.74) is 7.55. The van der Waals surface area contributed by atoms with Crippen molar-refractivity contribution in [3.05, 3.63) is 136 Å². The van der Waals surface area contributed by atoms with Gasteiger partial charge >= 0.3 is 0 Å². The lowest BCUT2D eigenvalue weighted by Crippen LogP contribution is -2.29. The van der Waals surface area contributed by atoms with Crippen LogP contribution in [0.3, 0.4) is 0 Å². The van der Waals surface area contributed by atoms with Crippen molar-refractivity contribution < 1.29 is 4.74 Å². The molecule has 0 bridgehead atoms. The number of ether oxygens (including phenoxy) is 1. The van der Waals surface area contributed by atoms with Gasteiger partial charge in [-0.2, -0.15) is 0 Å². The van der Waals surface area contributed by atoms with Gasteiger partial charge in [-0.1, -0.05) is 41.4 Å². The third-order valence-corrected chi connectivity index (χ3v) is 7.87. The third kappa shape index (κ3) is 4.96. The van der Waals surface area contributed by atoms with Crippen molar-refractivity contribution in [2.75, 3.05) is 4.90 Å². The molecule has 3 heterocycles. The zero-order valence-electron chi connectivity index (χ0n) is 22.5. The van der Waals surface area contributed by atoms with Crippen LogP contribution in [0.1, 0.15) is 40.3 Å². The predicted octanol–water partition coefficient (Wildman–Crippen LogP) is 8.42. The van der Waals surface area contributed by atoms with Gasteiger partial charge in [0, 0.05) is 34.0 Å². The van der Waals surface area contributed by atoms with Crippen LogP contribution < -0.4 is 15.0 Å². The Morgan fingerprint density at radius 2 is 1.55 bits per heavy atom. The predicted molar refractivity (Wildman–Crippen MR) is 166 cm³/mol. The average Bonchev–Trinajstić information content (AvgIpc) is 3.45. The minimum absolute atomic E-state index is 0.120. The number of rotatable bonds is 6. The Morgan fingerprint density at radius 3 is 2.23 bits per heavy atom. The number of nitrogens with one attached hydrogen (secondary N) is 1. The minimum Gasteiger partial charge on any atom is -0.457 e. The van der Waals surface area contributed by atoms with Crippen molar-refractivity contribution >= 4 is 34.6 Å². The molecule has 5 nitrogen and oxygen atoms in total. The van der Waals surface area contributed by atoms with Crippen molar-refractivity contribution in [1.82, 2.24) is 14.9 Å². The highest BCUT2D eigenvalue weighted by molar-refractivity contribution is 7.80. The molecule has 200 valence electrons. The molecule has 7 heteroatoms. The third-order valence-electron chi connectivity index (χ3n) is 7.32. The van der Waals surface area contributed by atoms with E-state index in [1.54, 1.807) is 0 Å². The molecule has 1 N–H and O–H groups in total. The van der Waals surface area contributed by atoms with E-state index in [2.05, 4.69) is 59.8 Å². The molecule has 6 rings (SSSR count). The molecular formula is C33H29ClN4OS. The van der Waals surface area contributed by atoms with Crippen LogP contribution in [-0.4, -0.2) is 14.7 Å². The summed E-state index contributed by atoms with van der Waals surface area (Å²) in [4.78, 5) is 6.89. The van der Waals surface area contributed by atoms with E-state index in [1.165, 1.54) is 11.1 Å². The van der Waals surface area contributed by atoms with Gasteiger partial charge < -0.3 is 19.5 Å². The van der Waals surface area contributed by atoms with Crippen LogP contribution in [0.4, 0.5) is 5.69 Å². The summed E-state index contributed by atoms with van der Waals surface area (Å²) >= 11 is 12.3. The number of hydrogen-bond donors (Lipinski definition) is 1. The molecule has 2 atom stereocenters. The van der Waals surface area contributed by atoms with Crippen LogP contribution in [0.5, 0.6) is 11.5 Å². The fourth-order valence-electron chi connectivity index (χ4n) is 5.47. The van der Waals surface area contributed by atoms with E-state index >= 15 is 0 Å². The number of nitrogens with zero attached hydrogens (tertiary/aromatic N) is 3. The summed E-state index contributed by atoms with van der Waals surface area (Å²) in [5.74, 6) is 1.57. The molecule has 5 aromatic rings. The monoisotopic (exact) mass is 564 g/mol. The van der Waals surface area contributed by atoms with Crippen LogP contribution in [-0.2, 0) is 0 Å². The smallest absolute Gasteiger partial charge is 0.174 e. The van der Waals surface area contributed by atoms with Gasteiger partial charge in [0.15, 0.2) is 5.11 Å². The molecule has 0 unspecified atom stereocenters. The Labute approximate surface area is 245 Å². The quantitative estimate of drug-likeness (QED) is 0.210. The Bertz CT molecular complexity index is 1670. The topological polar surface area (TPSA) is 42.3 Å². The number of anilines is 1. The molecule has 0 saturated carbocycles. The van der Waals surface area contributed by atoms with Crippen molar-refractivity contribution in [3.8, 4) is 17.2 Å². The van der Waals surface area contributed by atoms with Crippen molar-refractivity contribution in [2.45, 2.75) is 32.9 Å². The van der Waals surface area contributed by atoms with Crippen LogP contribution in [0.2, 0.25) is 5.02 Å². The number of pyridine rings is 1. The molecule has 0 amide bonds. The summed E-state index contributed by atoms with van der Waals surface area (Å²) < 4.78 is 8.33. The molecule has 0 spiro atoms. The standard InChI is InChI=1S/C33H29ClN4OS/c1-21-10-14-27(15-11-21)39-28-16-12-25(13-17-28)38-32(31(36-33(38)40)30-9-4-5-18-35-30)29-19-22(2)37(23(29)3)26-8-6-7-24(34)20-26/h4-20,31-32H,1-3H3,(H,36,40)/t31-,32-/m0/s1. The average molecular weight is 565 g/mol. The summed E-state index contributed by atoms with van der Waals surface area (Å²) in [7, 11) is 0. The van der Waals surface area contributed by atoms with Crippen molar-refractivity contribution in [2.24, 2.45) is 0 Å². The Kier molecular flexibility index (Phi) is 7.05. The maximum atomic E-state index is 6.36. The maximum absolute atomic E-state index is 6.36. The Balaban J connectivity index is 1.41. The van der Waals surface area contributed by atoms with Crippen LogP contribution in [0, 0.1) is 20.8 Å². The lowest BCUT2D eigenvalue weighted by Gasteiger charge is -2.28. The molecule has 0 radical (unpaired) electrons. The minimum atomic E-state index is -0.134. The van der Waals surface area contributed by atoms with E-state index < -0.39 is 0 Å². The summed E-state index contributed by atoms with van der Waals surface area (Å²) in [6, 6.07) is 32.0. The fraction of sp³-hybridized carbons (Fsp3) is 0.152. The van der Waals surface area contributed by atoms with Gasteiger partial charge in [0.25, 0.3) is 0 Å². The normalized spacial score (nSPS) is 16.7. The highest BCUT2D eigenvalue weighted by atomic mass is 35.5. The first-order valence-corrected chi connectivity index (χ1v) is 14.0. The van der Waals surface area contributed by atoms with E-state index in [4.69, 9.17) is 33.5 Å². The summed E-state index contributed by atoms with van der Waals surface area (Å²) in [6.07, 6.45) is 1.83. The first-order valence-electron chi connectivity index (χ1n) is 13.2. The van der Waals surface area contributed by atoms with Gasteiger partial charge in [-0.15, -0.1) is 0 Å². The number of hydrogen-bond acceptors (Lipinski definition) is 3. The molecule has 1 fully saturated rings. The second-order valence-corrected chi connectivity index (χ2v) is 10.9. The van der Waals surface area contributed by atoms with Crippen LogP contribution in [0.15, 0.2) is 103 Å². The van der Waals surface area contributed by atoms with E-state index in [0.29, 0.717) is 10.1 Å². The highest BCUT2D eigenvalue weighted by Crippen LogP contribution is 2.44. The van der Waals surface area contributed by atoms with Crippen LogP contribution >= 0.6 is 23.8 Å². The Morgan fingerprint density at radius 1 is 0.825 bits per heavy atom. The molecule has 1 aliphatic rings. The zero-order chi connectivity index (χ0) is 27.8. The van der Waals surface area contributed by atoms with E-state index in [1.807, 2.05) is 79.0 Å². The zero-order valence-corrected chi connectivity index (χ0v) is 24.1. The number of aromatic nitrogens is 2. The maximum Gasteiger partial charge on any atom is 0.174 e. The lowest BCUT2D eigenvalue weighted by atomic mass is 9.96. The molecular weight excluding hydrogens is 536 g/mol. The molecule has 1 saturated heterocycles. The van der Waals surface area contributed by atoms with Gasteiger partial charge in [0.05, 0.1) is 17.8 Å². The van der Waals surface area contributed by atoms with Crippen molar-refractivity contribution in [1.29, 1.82) is 0 Å². The SMILES string of the molecule is Cc1ccc(Oc2ccc(N3C(=S)N[C@@H](c4ccccn4)[C@@H]3c3cc(C)n(-c4cccc(Cl)c4)c3C)cc2)cc1. The molecule has 3 aromatic carbocycles. The molecule has 0 aliphatic carbocycles. The van der Waals surface area contributed by atoms with Gasteiger partial charge in [-0.25, -0.2) is 0 Å². The first kappa shape index (κ1) is 26.1. The number of benzene rings is 3. The second kappa shape index (κ2) is 10.8. The van der Waals surface area contributed by atoms with Crippen LogP contribution in [0.25, 0.3) is 5.69 Å². The number of halogens is 1. The first-order chi connectivity index (χ1) is 19.4. The van der Waals surface area contributed by atoms with Gasteiger partial charge in [0.1, 0.15) is 11.5 Å². The fourth-order valence-corrected chi connectivity index (χ4v) is 6.00. The lowest BCUT2D eigenvalue weighted by molar-refractivity contribution is 0.482. The molecule has 40 heavy (non-hydrogen) atoms. The summed E-state index contributed by atoms with van der Waals surface area (Å²) in [5, 5.41) is 4.92. The molecule has 2 aromatic heterocycles. The Hall–Kier alpha value is -4.13. The number of aryl methyl sites for hydroxylation is 2. The van der Waals surface area contributed by atoms with E-state index in [9.17, 15) is 0 Å². The second-order valence-electron chi connectivity index (χ2n) is 10.0. The van der Waals surface area contributed by atoms with Crippen molar-refractivity contribution in [3.63, 3.8) is 0 Å². The van der Waals surface area contributed by atoms with Gasteiger partial charge in [0.2, 0.25) is 0 Å².